The first-order valence-electron chi connectivity index (χ1n) is 10.5. The molecule has 0 atom stereocenters. The number of hydrogen-bond donors (Lipinski definition) is 0. The van der Waals surface area contributed by atoms with Crippen LogP contribution in [0.1, 0.15) is 12.0 Å². The van der Waals surface area contributed by atoms with E-state index in [9.17, 15) is 35.2 Å². The summed E-state index contributed by atoms with van der Waals surface area (Å²) in [5.41, 5.74) is -0.352. The van der Waals surface area contributed by atoms with Crippen LogP contribution in [0, 0.1) is 0 Å². The maximum Gasteiger partial charge on any atom is 0.471 e. The van der Waals surface area contributed by atoms with E-state index in [0.29, 0.717) is 15.1 Å². The molecule has 0 spiro atoms. The Hall–Kier alpha value is -2.87. The molecule has 194 valence electrons. The number of amides is 1. The van der Waals surface area contributed by atoms with Crippen LogP contribution in [0.4, 0.5) is 27.6 Å². The highest BCUT2D eigenvalue weighted by Crippen LogP contribution is 2.40. The van der Waals surface area contributed by atoms with Gasteiger partial charge in [-0.05, 0) is 36.4 Å². The molecule has 1 amide bonds. The average molecular weight is 596 g/mol. The van der Waals surface area contributed by atoms with Crippen molar-refractivity contribution in [1.82, 2.24) is 8.87 Å². The minimum absolute atomic E-state index is 0.0284. The second kappa shape index (κ2) is 9.54. The molecule has 0 saturated carbocycles. The molecule has 1 saturated heterocycles. The largest absolute Gasteiger partial charge is 0.497 e. The highest BCUT2D eigenvalue weighted by atomic mass is 79.9. The van der Waals surface area contributed by atoms with Gasteiger partial charge >= 0.3 is 12.1 Å². The van der Waals surface area contributed by atoms with E-state index in [0.717, 1.165) is 10.2 Å². The van der Waals surface area contributed by atoms with E-state index < -0.39 is 34.1 Å². The predicted molar refractivity (Wildman–Crippen MR) is 125 cm³/mol. The number of ether oxygens (including phenoxy) is 1. The van der Waals surface area contributed by atoms with Crippen molar-refractivity contribution in [3.8, 4) is 5.75 Å². The van der Waals surface area contributed by atoms with E-state index >= 15 is 0 Å². The lowest BCUT2D eigenvalue weighted by Gasteiger charge is -2.36. The number of hydrogen-bond acceptors (Lipinski definition) is 5. The number of alkyl halides is 5. The van der Waals surface area contributed by atoms with E-state index in [1.54, 1.807) is 4.90 Å². The lowest BCUT2D eigenvalue weighted by atomic mass is 10.1. The molecule has 1 aliphatic heterocycles. The molecule has 2 heterocycles. The maximum absolute atomic E-state index is 14.1. The summed E-state index contributed by atoms with van der Waals surface area (Å²) in [5, 5.41) is -0.0408. The molecule has 1 fully saturated rings. The Morgan fingerprint density at radius 2 is 1.67 bits per heavy atom. The number of rotatable bonds is 5. The van der Waals surface area contributed by atoms with Crippen molar-refractivity contribution < 1.29 is 39.9 Å². The van der Waals surface area contributed by atoms with Crippen molar-refractivity contribution in [3.63, 3.8) is 0 Å². The average Bonchev–Trinajstić information content (AvgIpc) is 3.23. The van der Waals surface area contributed by atoms with Crippen LogP contribution in [0.2, 0.25) is 0 Å². The Labute approximate surface area is 211 Å². The molecule has 36 heavy (non-hydrogen) atoms. The summed E-state index contributed by atoms with van der Waals surface area (Å²) < 4.78 is 99.6. The minimum atomic E-state index is -5.01. The van der Waals surface area contributed by atoms with Crippen LogP contribution >= 0.6 is 15.9 Å². The summed E-state index contributed by atoms with van der Waals surface area (Å²) >= 11 is 3.28. The standard InChI is InChI=1S/C22H19BrF5N3O4S/c1-35-14-2-4-15(5-3-14)36(33,34)31-12-16(20(24)25)19-17(10-13(23)11-18(19)31)29-6-8-30(9-7-29)21(32)22(26,27)28/h2-5,10-12,20H,6-9H2,1H3. The Kier molecular flexibility index (Phi) is 6.94. The molecule has 1 aromatic heterocycles. The van der Waals surface area contributed by atoms with Gasteiger partial charge in [0, 0.05) is 53.5 Å². The zero-order chi connectivity index (χ0) is 26.4. The van der Waals surface area contributed by atoms with Gasteiger partial charge in [0.15, 0.2) is 0 Å². The lowest BCUT2D eigenvalue weighted by Crippen LogP contribution is -2.52. The van der Waals surface area contributed by atoms with Crippen molar-refractivity contribution in [2.45, 2.75) is 17.5 Å². The lowest BCUT2D eigenvalue weighted by molar-refractivity contribution is -0.185. The second-order valence-corrected chi connectivity index (χ2v) is 10.7. The molecule has 0 radical (unpaired) electrons. The number of piperazine rings is 1. The first-order chi connectivity index (χ1) is 16.8. The number of halogens is 6. The first-order valence-corrected chi connectivity index (χ1v) is 12.7. The monoisotopic (exact) mass is 595 g/mol. The van der Waals surface area contributed by atoms with E-state index in [1.807, 2.05) is 0 Å². The number of carbonyl (C=O) groups excluding carboxylic acids is 1. The van der Waals surface area contributed by atoms with Gasteiger partial charge < -0.3 is 14.5 Å². The Bertz CT molecular complexity index is 1400. The van der Waals surface area contributed by atoms with Crippen LogP contribution in [0.25, 0.3) is 10.9 Å². The third-order valence-corrected chi connectivity index (χ3v) is 7.99. The molecule has 0 unspecified atom stereocenters. The molecule has 4 rings (SSSR count). The van der Waals surface area contributed by atoms with E-state index in [-0.39, 0.29) is 47.7 Å². The molecule has 0 aliphatic carbocycles. The van der Waals surface area contributed by atoms with Crippen molar-refractivity contribution >= 4 is 48.5 Å². The van der Waals surface area contributed by atoms with Gasteiger partial charge in [-0.1, -0.05) is 15.9 Å². The van der Waals surface area contributed by atoms with Crippen LogP contribution in [-0.2, 0) is 14.8 Å². The summed E-state index contributed by atoms with van der Waals surface area (Å²) in [6.07, 6.45) is -7.19. The van der Waals surface area contributed by atoms with Crippen LogP contribution < -0.4 is 9.64 Å². The second-order valence-electron chi connectivity index (χ2n) is 7.96. The summed E-state index contributed by atoms with van der Waals surface area (Å²) in [5.74, 6) is -1.56. The number of nitrogens with zero attached hydrogens (tertiary/aromatic N) is 3. The van der Waals surface area contributed by atoms with Gasteiger partial charge in [-0.2, -0.15) is 13.2 Å². The molecule has 1 aliphatic rings. The number of methoxy groups -OCH3 is 1. The van der Waals surface area contributed by atoms with Gasteiger partial charge in [-0.25, -0.2) is 21.2 Å². The third-order valence-electron chi connectivity index (χ3n) is 5.85. The fourth-order valence-corrected chi connectivity index (χ4v) is 5.91. The van der Waals surface area contributed by atoms with E-state index in [1.165, 1.54) is 43.5 Å². The highest BCUT2D eigenvalue weighted by Gasteiger charge is 2.43. The van der Waals surface area contributed by atoms with Gasteiger partial charge in [-0.15, -0.1) is 0 Å². The SMILES string of the molecule is COc1ccc(S(=O)(=O)n2cc(C(F)F)c3c(N4CCN(C(=O)C(F)(F)F)CC4)cc(Br)cc32)cc1. The van der Waals surface area contributed by atoms with Crippen LogP contribution in [0.3, 0.4) is 0 Å². The Balaban J connectivity index is 1.79. The van der Waals surface area contributed by atoms with Gasteiger partial charge in [0.2, 0.25) is 0 Å². The summed E-state index contributed by atoms with van der Waals surface area (Å²) in [7, 11) is -2.88. The molecule has 14 heteroatoms. The van der Waals surface area contributed by atoms with Crippen LogP contribution in [0.15, 0.2) is 52.0 Å². The highest BCUT2D eigenvalue weighted by molar-refractivity contribution is 9.10. The number of aromatic nitrogens is 1. The number of benzene rings is 2. The Morgan fingerprint density at radius 3 is 2.19 bits per heavy atom. The van der Waals surface area contributed by atoms with E-state index in [4.69, 9.17) is 4.74 Å². The van der Waals surface area contributed by atoms with Crippen LogP contribution in [0.5, 0.6) is 5.75 Å². The Morgan fingerprint density at radius 1 is 1.06 bits per heavy atom. The molecule has 0 N–H and O–H groups in total. The van der Waals surface area contributed by atoms with Crippen LogP contribution in [-0.4, -0.2) is 62.7 Å². The fraction of sp³-hybridized carbons (Fsp3) is 0.318. The fourth-order valence-electron chi connectivity index (χ4n) is 4.11. The third kappa shape index (κ3) is 4.75. The van der Waals surface area contributed by atoms with Gasteiger partial charge in [-0.3, -0.25) is 4.79 Å². The van der Waals surface area contributed by atoms with E-state index in [2.05, 4.69) is 15.9 Å². The first kappa shape index (κ1) is 26.2. The van der Waals surface area contributed by atoms with Crippen molar-refractivity contribution in [3.05, 3.63) is 52.6 Å². The molecular weight excluding hydrogens is 577 g/mol. The quantitative estimate of drug-likeness (QED) is 0.396. The summed E-state index contributed by atoms with van der Waals surface area (Å²) in [4.78, 5) is 13.6. The normalized spacial score (nSPS) is 15.1. The minimum Gasteiger partial charge on any atom is -0.497 e. The van der Waals surface area contributed by atoms with Gasteiger partial charge in [0.25, 0.3) is 16.4 Å². The number of fused-ring (bicyclic) bond motifs is 1. The summed E-state index contributed by atoms with van der Waals surface area (Å²) in [6.45, 7) is -0.679. The molecule has 3 aromatic rings. The van der Waals surface area contributed by atoms with Crippen molar-refractivity contribution in [2.75, 3.05) is 38.2 Å². The molecule has 2 aromatic carbocycles. The zero-order valence-electron chi connectivity index (χ0n) is 18.6. The van der Waals surface area contributed by atoms with Crippen molar-refractivity contribution in [1.29, 1.82) is 0 Å². The summed E-state index contributed by atoms with van der Waals surface area (Å²) in [6, 6.07) is 8.32. The van der Waals surface area contributed by atoms with Gasteiger partial charge in [0.1, 0.15) is 5.75 Å². The number of anilines is 1. The predicted octanol–water partition coefficient (Wildman–Crippen LogP) is 4.80. The topological polar surface area (TPSA) is 71.9 Å². The molecule has 7 nitrogen and oxygen atoms in total. The van der Waals surface area contributed by atoms with Crippen molar-refractivity contribution in [2.24, 2.45) is 0 Å². The maximum atomic E-state index is 14.1. The number of carbonyl (C=O) groups is 1. The van der Waals surface area contributed by atoms with Gasteiger partial charge in [0.05, 0.1) is 17.5 Å². The molecule has 0 bridgehead atoms. The zero-order valence-corrected chi connectivity index (χ0v) is 21.0. The molecular formula is C22H19BrF5N3O4S. The smallest absolute Gasteiger partial charge is 0.471 e.